The summed E-state index contributed by atoms with van der Waals surface area (Å²) in [6.07, 6.45) is -5.69. The summed E-state index contributed by atoms with van der Waals surface area (Å²) < 4.78 is 207. The molecule has 0 aromatic carbocycles. The Kier molecular flexibility index (Phi) is 14.6. The van der Waals surface area contributed by atoms with Gasteiger partial charge in [-0.2, -0.15) is 57.1 Å². The minimum atomic E-state index is -7.42. The van der Waals surface area contributed by atoms with E-state index in [4.69, 9.17) is 9.47 Å². The molecule has 0 aliphatic heterocycles. The van der Waals surface area contributed by atoms with Crippen LogP contribution >= 0.6 is 0 Å². The normalized spacial score (nSPS) is 21.1. The molecule has 0 saturated heterocycles. The van der Waals surface area contributed by atoms with E-state index in [1.165, 1.54) is 20.8 Å². The van der Waals surface area contributed by atoms with E-state index in [-0.39, 0.29) is 19.3 Å². The monoisotopic (exact) mass is 834 g/mol. The van der Waals surface area contributed by atoms with E-state index in [9.17, 15) is 80.6 Å². The molecule has 1 aliphatic rings. The number of alkyl halides is 14. The van der Waals surface area contributed by atoms with Gasteiger partial charge in [0.15, 0.2) is 6.61 Å². The molecule has 0 aromatic rings. The summed E-state index contributed by atoms with van der Waals surface area (Å²) in [6, 6.07) is 0. The number of carbonyl (C=O) groups is 4. The highest BCUT2D eigenvalue weighted by Crippen LogP contribution is 2.69. The van der Waals surface area contributed by atoms with Crippen molar-refractivity contribution in [3.63, 3.8) is 0 Å². The summed E-state index contributed by atoms with van der Waals surface area (Å²) in [6.45, 7) is 6.49. The van der Waals surface area contributed by atoms with Gasteiger partial charge >= 0.3 is 59.7 Å². The van der Waals surface area contributed by atoms with Gasteiger partial charge in [0, 0.05) is 0 Å². The van der Waals surface area contributed by atoms with Crippen molar-refractivity contribution in [2.45, 2.75) is 135 Å². The zero-order valence-electron chi connectivity index (χ0n) is 31.1. The van der Waals surface area contributed by atoms with Gasteiger partial charge in [0.1, 0.15) is 19.8 Å². The molecule has 1 saturated carbocycles. The summed E-state index contributed by atoms with van der Waals surface area (Å²) in [5.41, 5.74) is -10.6. The van der Waals surface area contributed by atoms with Crippen LogP contribution in [0.1, 0.15) is 93.9 Å². The Morgan fingerprint density at radius 1 is 0.545 bits per heavy atom. The fourth-order valence-corrected chi connectivity index (χ4v) is 5.95. The van der Waals surface area contributed by atoms with Crippen molar-refractivity contribution in [3.05, 3.63) is 0 Å². The van der Waals surface area contributed by atoms with Crippen LogP contribution in [-0.2, 0) is 38.1 Å². The highest BCUT2D eigenvalue weighted by molar-refractivity contribution is 5.78. The molecule has 22 heteroatoms. The Labute approximate surface area is 307 Å². The first-order chi connectivity index (χ1) is 24.3. The highest BCUT2D eigenvalue weighted by Gasteiger charge is 3.01. The second-order valence-corrected chi connectivity index (χ2v) is 15.7. The predicted octanol–water partition coefficient (Wildman–Crippen LogP) is 9.07. The third-order valence-corrected chi connectivity index (χ3v) is 10.0. The maximum atomic E-state index is 14.8. The lowest BCUT2D eigenvalue weighted by Crippen LogP contribution is -2.84. The Morgan fingerprint density at radius 2 is 0.945 bits per heavy atom. The van der Waals surface area contributed by atoms with Gasteiger partial charge in [0.05, 0.1) is 23.7 Å². The molecule has 55 heavy (non-hydrogen) atoms. The van der Waals surface area contributed by atoms with Crippen LogP contribution in [0.25, 0.3) is 0 Å². The van der Waals surface area contributed by atoms with Crippen molar-refractivity contribution < 1.29 is 99.6 Å². The number of ether oxygens (including phenoxy) is 4. The first-order valence-corrected chi connectivity index (χ1v) is 16.6. The van der Waals surface area contributed by atoms with E-state index in [0.29, 0.717) is 6.42 Å². The van der Waals surface area contributed by atoms with Crippen molar-refractivity contribution in [2.75, 3.05) is 26.4 Å². The maximum absolute atomic E-state index is 14.8. The summed E-state index contributed by atoms with van der Waals surface area (Å²) in [5.74, 6) is -41.4. The second kappa shape index (κ2) is 16.0. The minimum Gasteiger partial charge on any atom is -0.465 e. The zero-order chi connectivity index (χ0) is 43.7. The molecule has 0 radical (unpaired) electrons. The molecule has 1 unspecified atom stereocenters. The van der Waals surface area contributed by atoms with E-state index >= 15 is 0 Å². The van der Waals surface area contributed by atoms with Gasteiger partial charge in [0.25, 0.3) is 5.67 Å². The molecule has 8 nitrogen and oxygen atoms in total. The highest BCUT2D eigenvalue weighted by atomic mass is 19.4. The fraction of sp³-hybridized carbons (Fsp3) is 0.879. The van der Waals surface area contributed by atoms with Crippen LogP contribution in [0, 0.1) is 21.7 Å². The number of hydrogen-bond acceptors (Lipinski definition) is 8. The van der Waals surface area contributed by atoms with E-state index in [0.717, 1.165) is 0 Å². The van der Waals surface area contributed by atoms with Crippen molar-refractivity contribution in [1.82, 2.24) is 0 Å². The first-order valence-electron chi connectivity index (χ1n) is 16.6. The van der Waals surface area contributed by atoms with Gasteiger partial charge in [-0.05, 0) is 57.3 Å². The lowest BCUT2D eigenvalue weighted by Gasteiger charge is -2.52. The van der Waals surface area contributed by atoms with Crippen LogP contribution < -0.4 is 0 Å². The van der Waals surface area contributed by atoms with E-state index in [2.05, 4.69) is 9.47 Å². The number of esters is 4. The lowest BCUT2D eigenvalue weighted by molar-refractivity contribution is -0.487. The third kappa shape index (κ3) is 9.72. The Hall–Kier alpha value is -3.10. The third-order valence-electron chi connectivity index (χ3n) is 10.0. The van der Waals surface area contributed by atoms with Crippen LogP contribution in [0.2, 0.25) is 0 Å². The fourth-order valence-electron chi connectivity index (χ4n) is 5.95. The molecule has 1 rings (SSSR count). The van der Waals surface area contributed by atoms with Crippen molar-refractivity contribution in [2.24, 2.45) is 21.7 Å². The quantitative estimate of drug-likeness (QED) is 0.0766. The van der Waals surface area contributed by atoms with Gasteiger partial charge in [-0.1, -0.05) is 34.6 Å². The summed E-state index contributed by atoms with van der Waals surface area (Å²) in [4.78, 5) is 49.5. The molecule has 0 N–H and O–H groups in total. The average molecular weight is 835 g/mol. The molecule has 0 bridgehead atoms. The number of hydrogen-bond donors (Lipinski definition) is 0. The Balaban J connectivity index is 2.86. The summed E-state index contributed by atoms with van der Waals surface area (Å²) >= 11 is 0. The molecule has 0 spiro atoms. The van der Waals surface area contributed by atoms with E-state index < -0.39 is 126 Å². The van der Waals surface area contributed by atoms with Gasteiger partial charge in [-0.15, -0.1) is 0 Å². The molecular weight excluding hydrogens is 790 g/mol. The first kappa shape index (κ1) is 49.9. The standard InChI is InChI=1S/C33H44F14O8/c1-9-26(8,25(6,7)13-12-23(2,3)16-24(4,5)21(50)52-14-10-20(49)55-18-28(35,36)37)22(51)53-15-11-19(48)54-17-27(34)29(38,39)31(42,43)33(46,47)32(44,45)30(27,40)41/h9-18H2,1-8H3. The van der Waals surface area contributed by atoms with Crippen LogP contribution in [0.3, 0.4) is 0 Å². The Morgan fingerprint density at radius 3 is 1.36 bits per heavy atom. The van der Waals surface area contributed by atoms with Crippen molar-refractivity contribution in [3.8, 4) is 0 Å². The summed E-state index contributed by atoms with van der Waals surface area (Å²) in [7, 11) is 0. The van der Waals surface area contributed by atoms with Crippen molar-refractivity contribution in [1.29, 1.82) is 0 Å². The molecule has 1 atom stereocenters. The number of halogens is 14. The van der Waals surface area contributed by atoms with Crippen LogP contribution in [0.15, 0.2) is 0 Å². The van der Waals surface area contributed by atoms with Gasteiger partial charge in [-0.3, -0.25) is 19.2 Å². The number of rotatable bonds is 18. The minimum absolute atomic E-state index is 0.0918. The second-order valence-electron chi connectivity index (χ2n) is 15.7. The molecule has 0 aromatic heterocycles. The number of carbonyl (C=O) groups excluding carboxylic acids is 4. The SMILES string of the molecule is CCC(C)(C(=O)OCCC(=O)OCC1(F)C(F)(F)C(F)(F)C(F)(F)C(F)(F)C1(F)F)C(C)(C)CCC(C)(C)CC(C)(C)C(=O)OCCC(=O)OCC(F)(F)F. The van der Waals surface area contributed by atoms with Crippen LogP contribution in [0.4, 0.5) is 61.5 Å². The van der Waals surface area contributed by atoms with Gasteiger partial charge in [0.2, 0.25) is 0 Å². The molecule has 0 amide bonds. The topological polar surface area (TPSA) is 105 Å². The maximum Gasteiger partial charge on any atom is 0.422 e. The molecule has 322 valence electrons. The molecule has 1 fully saturated rings. The van der Waals surface area contributed by atoms with Crippen LogP contribution in [0.5, 0.6) is 0 Å². The van der Waals surface area contributed by atoms with E-state index in [1.54, 1.807) is 34.6 Å². The average Bonchev–Trinajstić information content (AvgIpc) is 3.02. The molecular formula is C33H44F14O8. The smallest absolute Gasteiger partial charge is 0.422 e. The van der Waals surface area contributed by atoms with Gasteiger partial charge < -0.3 is 18.9 Å². The predicted molar refractivity (Wildman–Crippen MR) is 161 cm³/mol. The summed E-state index contributed by atoms with van der Waals surface area (Å²) in [5, 5.41) is 0. The van der Waals surface area contributed by atoms with Crippen molar-refractivity contribution >= 4 is 23.9 Å². The van der Waals surface area contributed by atoms with Gasteiger partial charge in [-0.25, -0.2) is 4.39 Å². The zero-order valence-corrected chi connectivity index (χ0v) is 31.1. The lowest BCUT2D eigenvalue weighted by atomic mass is 9.60. The largest absolute Gasteiger partial charge is 0.465 e. The molecule has 1 aliphatic carbocycles. The van der Waals surface area contributed by atoms with E-state index in [1.807, 2.05) is 0 Å². The molecule has 0 heterocycles. The Bertz CT molecular complexity index is 1380. The van der Waals surface area contributed by atoms with Crippen LogP contribution in [-0.4, -0.2) is 91.8 Å².